The van der Waals surface area contributed by atoms with Crippen LogP contribution in [-0.2, 0) is 27.4 Å². The summed E-state index contributed by atoms with van der Waals surface area (Å²) in [7, 11) is 0. The van der Waals surface area contributed by atoms with Crippen LogP contribution in [0.1, 0.15) is 60.9 Å². The van der Waals surface area contributed by atoms with Crippen molar-refractivity contribution in [3.63, 3.8) is 0 Å². The van der Waals surface area contributed by atoms with Crippen LogP contribution in [0.5, 0.6) is 0 Å². The molecule has 4 rings (SSSR count). The summed E-state index contributed by atoms with van der Waals surface area (Å²) in [5, 5.41) is 2.08. The van der Waals surface area contributed by atoms with Gasteiger partial charge in [-0.15, -0.1) is 11.3 Å². The van der Waals surface area contributed by atoms with Gasteiger partial charge in [0.2, 0.25) is 11.8 Å². The number of aryl methyl sites for hydroxylation is 1. The largest absolute Gasteiger partial charge is 0.376 e. The summed E-state index contributed by atoms with van der Waals surface area (Å²) in [6.07, 6.45) is 7.35. The van der Waals surface area contributed by atoms with E-state index in [2.05, 4.69) is 30.5 Å². The molecule has 1 aromatic carbocycles. The minimum atomic E-state index is 0.00816. The third-order valence-corrected chi connectivity index (χ3v) is 7.92. The molecule has 0 spiro atoms. The van der Waals surface area contributed by atoms with E-state index >= 15 is 0 Å². The molecule has 6 heteroatoms. The van der Waals surface area contributed by atoms with Crippen LogP contribution < -0.4 is 0 Å². The maximum atomic E-state index is 13.7. The van der Waals surface area contributed by atoms with Crippen molar-refractivity contribution in [1.29, 1.82) is 0 Å². The van der Waals surface area contributed by atoms with Crippen molar-refractivity contribution in [1.82, 2.24) is 9.80 Å². The van der Waals surface area contributed by atoms with Crippen LogP contribution in [0.2, 0.25) is 0 Å². The van der Waals surface area contributed by atoms with Gasteiger partial charge in [-0.3, -0.25) is 9.59 Å². The molecule has 1 aromatic heterocycles. The molecule has 1 aliphatic heterocycles. The van der Waals surface area contributed by atoms with E-state index in [4.69, 9.17) is 4.74 Å². The first kappa shape index (κ1) is 24.0. The van der Waals surface area contributed by atoms with Crippen molar-refractivity contribution in [3.05, 3.63) is 57.8 Å². The number of amides is 2. The van der Waals surface area contributed by atoms with Crippen molar-refractivity contribution in [2.24, 2.45) is 5.92 Å². The highest BCUT2D eigenvalue weighted by atomic mass is 32.1. The van der Waals surface area contributed by atoms with E-state index in [0.29, 0.717) is 19.6 Å². The van der Waals surface area contributed by atoms with Crippen LogP contribution >= 0.6 is 11.3 Å². The molecule has 0 radical (unpaired) electrons. The Labute approximate surface area is 201 Å². The van der Waals surface area contributed by atoms with E-state index in [-0.39, 0.29) is 30.4 Å². The second-order valence-corrected chi connectivity index (χ2v) is 10.5. The molecule has 2 fully saturated rings. The first-order valence-electron chi connectivity index (χ1n) is 12.3. The number of hydrogen-bond acceptors (Lipinski definition) is 4. The quantitative estimate of drug-likeness (QED) is 0.510. The van der Waals surface area contributed by atoms with Crippen molar-refractivity contribution in [2.75, 3.05) is 19.7 Å². The van der Waals surface area contributed by atoms with E-state index in [1.807, 2.05) is 28.0 Å². The zero-order valence-electron chi connectivity index (χ0n) is 19.7. The van der Waals surface area contributed by atoms with Crippen LogP contribution in [0.4, 0.5) is 0 Å². The summed E-state index contributed by atoms with van der Waals surface area (Å²) in [5.74, 6) is 0.203. The molecule has 2 aromatic rings. The highest BCUT2D eigenvalue weighted by Gasteiger charge is 2.31. The first-order valence-corrected chi connectivity index (χ1v) is 13.2. The van der Waals surface area contributed by atoms with Gasteiger partial charge in [0.1, 0.15) is 0 Å². The summed E-state index contributed by atoms with van der Waals surface area (Å²) < 4.78 is 5.84. The summed E-state index contributed by atoms with van der Waals surface area (Å²) in [6.45, 7) is 4.62. The predicted octanol–water partition coefficient (Wildman–Crippen LogP) is 5.17. The lowest BCUT2D eigenvalue weighted by molar-refractivity contribution is -0.145. The number of ether oxygens (including phenoxy) is 1. The van der Waals surface area contributed by atoms with E-state index in [9.17, 15) is 9.59 Å². The van der Waals surface area contributed by atoms with Crippen LogP contribution in [0.3, 0.4) is 0 Å². The van der Waals surface area contributed by atoms with E-state index in [1.54, 1.807) is 11.3 Å². The molecule has 2 heterocycles. The third kappa shape index (κ3) is 6.67. The van der Waals surface area contributed by atoms with Crippen LogP contribution in [0.25, 0.3) is 0 Å². The molecule has 178 valence electrons. The zero-order valence-corrected chi connectivity index (χ0v) is 20.5. The Bertz CT molecular complexity index is 901. The Kier molecular flexibility index (Phi) is 8.57. The Morgan fingerprint density at radius 1 is 0.970 bits per heavy atom. The maximum Gasteiger partial charge on any atom is 0.242 e. The average Bonchev–Trinajstić information content (AvgIpc) is 3.50. The molecule has 1 unspecified atom stereocenters. The molecule has 0 N–H and O–H groups in total. The van der Waals surface area contributed by atoms with Gasteiger partial charge in [-0.25, -0.2) is 0 Å². The topological polar surface area (TPSA) is 49.9 Å². The minimum absolute atomic E-state index is 0.00816. The lowest BCUT2D eigenvalue weighted by Gasteiger charge is -2.32. The fourth-order valence-electron chi connectivity index (χ4n) is 4.91. The van der Waals surface area contributed by atoms with Crippen molar-refractivity contribution < 1.29 is 14.3 Å². The molecule has 2 amide bonds. The Morgan fingerprint density at radius 3 is 2.42 bits per heavy atom. The number of carbonyl (C=O) groups is 2. The summed E-state index contributed by atoms with van der Waals surface area (Å²) >= 11 is 1.69. The van der Waals surface area contributed by atoms with Crippen LogP contribution in [0.15, 0.2) is 41.8 Å². The van der Waals surface area contributed by atoms with Gasteiger partial charge in [0.05, 0.1) is 19.2 Å². The molecule has 1 saturated carbocycles. The smallest absolute Gasteiger partial charge is 0.242 e. The molecule has 1 saturated heterocycles. The van der Waals surface area contributed by atoms with E-state index in [0.717, 1.165) is 50.7 Å². The van der Waals surface area contributed by atoms with Crippen molar-refractivity contribution in [3.8, 4) is 0 Å². The maximum absolute atomic E-state index is 13.7. The molecular formula is C27H36N2O3S. The second-order valence-electron chi connectivity index (χ2n) is 9.45. The number of hydrogen-bond donors (Lipinski definition) is 0. The van der Waals surface area contributed by atoms with Gasteiger partial charge in [0.25, 0.3) is 0 Å². The molecule has 1 aliphatic carbocycles. The molecule has 1 atom stereocenters. The van der Waals surface area contributed by atoms with E-state index in [1.165, 1.54) is 16.9 Å². The molecular weight excluding hydrogens is 432 g/mol. The predicted molar refractivity (Wildman–Crippen MR) is 132 cm³/mol. The number of benzene rings is 1. The SMILES string of the molecule is Cc1ccsc1CN(Cc1ccccc1)C(=O)CN(CC1CCCO1)C(=O)C1CCCCC1. The number of rotatable bonds is 9. The van der Waals surface area contributed by atoms with Gasteiger partial charge in [-0.2, -0.15) is 0 Å². The molecule has 5 nitrogen and oxygen atoms in total. The number of thiophene rings is 1. The summed E-state index contributed by atoms with van der Waals surface area (Å²) in [5.41, 5.74) is 2.31. The summed E-state index contributed by atoms with van der Waals surface area (Å²) in [4.78, 5) is 32.0. The number of carbonyl (C=O) groups excluding carboxylic acids is 2. The first-order chi connectivity index (χ1) is 16.1. The molecule has 33 heavy (non-hydrogen) atoms. The van der Waals surface area contributed by atoms with Crippen molar-refractivity contribution in [2.45, 2.75) is 71.1 Å². The van der Waals surface area contributed by atoms with Gasteiger partial charge in [0.15, 0.2) is 0 Å². The van der Waals surface area contributed by atoms with E-state index < -0.39 is 0 Å². The Balaban J connectivity index is 1.50. The normalized spacial score (nSPS) is 18.9. The van der Waals surface area contributed by atoms with Gasteiger partial charge >= 0.3 is 0 Å². The Hall–Kier alpha value is -2.18. The summed E-state index contributed by atoms with van der Waals surface area (Å²) in [6, 6.07) is 12.2. The second kappa shape index (κ2) is 11.8. The highest BCUT2D eigenvalue weighted by Crippen LogP contribution is 2.27. The van der Waals surface area contributed by atoms with Gasteiger partial charge in [-0.05, 0) is 55.2 Å². The average molecular weight is 469 g/mol. The lowest BCUT2D eigenvalue weighted by Crippen LogP contribution is -2.47. The molecule has 0 bridgehead atoms. The fraction of sp³-hybridized carbons (Fsp3) is 0.556. The fourth-order valence-corrected chi connectivity index (χ4v) is 5.83. The third-order valence-electron chi connectivity index (χ3n) is 6.91. The Morgan fingerprint density at radius 2 is 1.76 bits per heavy atom. The molecule has 2 aliphatic rings. The van der Waals surface area contributed by atoms with Gasteiger partial charge in [0, 0.05) is 30.5 Å². The van der Waals surface area contributed by atoms with Gasteiger partial charge in [-0.1, -0.05) is 49.6 Å². The highest BCUT2D eigenvalue weighted by molar-refractivity contribution is 7.10. The van der Waals surface area contributed by atoms with Crippen molar-refractivity contribution >= 4 is 23.2 Å². The standard InChI is InChI=1S/C27H36N2O3S/c1-21-14-16-33-25(21)19-28(17-22-9-4-2-5-10-22)26(30)20-29(18-24-13-8-15-32-24)27(31)23-11-6-3-7-12-23/h2,4-5,9-10,14,16,23-24H,3,6-8,11-13,15,17-20H2,1H3. The van der Waals surface area contributed by atoms with Crippen LogP contribution in [-0.4, -0.2) is 47.4 Å². The minimum Gasteiger partial charge on any atom is -0.376 e. The van der Waals surface area contributed by atoms with Crippen LogP contribution in [0, 0.1) is 12.8 Å². The number of nitrogens with zero attached hydrogens (tertiary/aromatic N) is 2. The zero-order chi connectivity index (χ0) is 23.0. The monoisotopic (exact) mass is 468 g/mol. The van der Waals surface area contributed by atoms with Gasteiger partial charge < -0.3 is 14.5 Å². The lowest BCUT2D eigenvalue weighted by atomic mass is 9.88.